The molecule has 0 bridgehead atoms. The minimum absolute atomic E-state index is 0.192. The van der Waals surface area contributed by atoms with Crippen molar-refractivity contribution in [2.75, 3.05) is 33.4 Å². The molecule has 5 rings (SSSR count). The van der Waals surface area contributed by atoms with Crippen LogP contribution in [0.25, 0.3) is 10.8 Å². The maximum atomic E-state index is 14.0. The SMILES string of the molecule is COCCCN(CC(=O)N1CCc2sccc2[C@H]1c1ccccc1C)S(=O)(=O)c1cccc2ccccc12. The Bertz CT molecular complexity index is 1540. The van der Waals surface area contributed by atoms with Crippen molar-refractivity contribution in [3.63, 3.8) is 0 Å². The van der Waals surface area contributed by atoms with Gasteiger partial charge in [-0.3, -0.25) is 4.79 Å². The number of hydrogen-bond acceptors (Lipinski definition) is 5. The molecule has 0 saturated heterocycles. The molecule has 4 aromatic rings. The fourth-order valence-electron chi connectivity index (χ4n) is 5.28. The van der Waals surface area contributed by atoms with Gasteiger partial charge in [0.05, 0.1) is 17.5 Å². The van der Waals surface area contributed by atoms with Crippen molar-refractivity contribution in [1.29, 1.82) is 0 Å². The fourth-order valence-corrected chi connectivity index (χ4v) is 7.83. The van der Waals surface area contributed by atoms with E-state index in [2.05, 4.69) is 30.5 Å². The zero-order chi connectivity index (χ0) is 26.7. The first-order valence-corrected chi connectivity index (χ1v) is 15.1. The molecule has 1 atom stereocenters. The quantitative estimate of drug-likeness (QED) is 0.262. The van der Waals surface area contributed by atoms with Gasteiger partial charge in [0.2, 0.25) is 15.9 Å². The number of thiophene rings is 1. The van der Waals surface area contributed by atoms with Crippen molar-refractivity contribution in [2.24, 2.45) is 0 Å². The molecule has 1 amide bonds. The summed E-state index contributed by atoms with van der Waals surface area (Å²) in [6.45, 7) is 2.98. The summed E-state index contributed by atoms with van der Waals surface area (Å²) in [4.78, 5) is 17.4. The minimum atomic E-state index is -3.95. The van der Waals surface area contributed by atoms with Crippen molar-refractivity contribution in [2.45, 2.75) is 30.7 Å². The van der Waals surface area contributed by atoms with Crippen LogP contribution in [0.5, 0.6) is 0 Å². The lowest BCUT2D eigenvalue weighted by Crippen LogP contribution is -2.47. The standard InChI is InChI=1S/C30H32N2O4S2/c1-22-9-3-5-12-24(22)30-26-16-20-37-27(26)15-18-32(30)29(33)21-31(17-8-19-36-2)38(34,35)28-14-7-11-23-10-4-6-13-25(23)28/h3-7,9-14,16,20,30H,8,15,17-19,21H2,1-2H3/t30-/m1/s1. The molecule has 0 radical (unpaired) electrons. The molecule has 1 aliphatic heterocycles. The number of rotatable bonds is 9. The number of carbonyl (C=O) groups is 1. The fraction of sp³-hybridized carbons (Fsp3) is 0.300. The van der Waals surface area contributed by atoms with Crippen LogP contribution in [-0.4, -0.2) is 56.9 Å². The van der Waals surface area contributed by atoms with Gasteiger partial charge in [-0.2, -0.15) is 4.31 Å². The third-order valence-corrected chi connectivity index (χ3v) is 10.1. The third kappa shape index (κ3) is 5.14. The van der Waals surface area contributed by atoms with Gasteiger partial charge < -0.3 is 9.64 Å². The van der Waals surface area contributed by atoms with Gasteiger partial charge in [0.15, 0.2) is 0 Å². The number of ether oxygens (including phenoxy) is 1. The third-order valence-electron chi connectivity index (χ3n) is 7.20. The van der Waals surface area contributed by atoms with Gasteiger partial charge in [-0.15, -0.1) is 11.3 Å². The molecule has 0 spiro atoms. The average Bonchev–Trinajstić information content (AvgIpc) is 3.41. The molecule has 8 heteroatoms. The summed E-state index contributed by atoms with van der Waals surface area (Å²) in [5.74, 6) is -0.198. The Morgan fingerprint density at radius 2 is 1.79 bits per heavy atom. The summed E-state index contributed by atoms with van der Waals surface area (Å²) >= 11 is 1.72. The van der Waals surface area contributed by atoms with Crippen LogP contribution >= 0.6 is 11.3 Å². The second-order valence-electron chi connectivity index (χ2n) is 9.56. The van der Waals surface area contributed by atoms with Crippen LogP contribution in [0.15, 0.2) is 83.1 Å². The number of nitrogens with zero attached hydrogens (tertiary/aromatic N) is 2. The molecular weight excluding hydrogens is 516 g/mol. The highest BCUT2D eigenvalue weighted by Crippen LogP contribution is 2.39. The molecule has 1 aromatic heterocycles. The van der Waals surface area contributed by atoms with Gasteiger partial charge in [-0.25, -0.2) is 8.42 Å². The van der Waals surface area contributed by atoms with E-state index in [1.165, 1.54) is 9.18 Å². The molecule has 0 saturated carbocycles. The van der Waals surface area contributed by atoms with Crippen LogP contribution in [0.2, 0.25) is 0 Å². The maximum Gasteiger partial charge on any atom is 0.244 e. The number of benzene rings is 3. The number of sulfonamides is 1. The Kier molecular flexibility index (Phi) is 7.95. The first-order valence-electron chi connectivity index (χ1n) is 12.8. The van der Waals surface area contributed by atoms with E-state index in [0.717, 1.165) is 28.5 Å². The highest BCUT2D eigenvalue weighted by atomic mass is 32.2. The summed E-state index contributed by atoms with van der Waals surface area (Å²) in [6.07, 6.45) is 1.25. The highest BCUT2D eigenvalue weighted by Gasteiger charge is 2.36. The van der Waals surface area contributed by atoms with Gasteiger partial charge >= 0.3 is 0 Å². The van der Waals surface area contributed by atoms with Crippen LogP contribution in [-0.2, 0) is 26.0 Å². The monoisotopic (exact) mass is 548 g/mol. The molecule has 6 nitrogen and oxygen atoms in total. The molecular formula is C30H32N2O4S2. The summed E-state index contributed by atoms with van der Waals surface area (Å²) in [5, 5.41) is 3.57. The molecule has 0 N–H and O–H groups in total. The van der Waals surface area contributed by atoms with Crippen molar-refractivity contribution < 1.29 is 17.9 Å². The van der Waals surface area contributed by atoms with Crippen molar-refractivity contribution in [3.8, 4) is 0 Å². The van der Waals surface area contributed by atoms with Crippen molar-refractivity contribution in [1.82, 2.24) is 9.21 Å². The van der Waals surface area contributed by atoms with Crippen molar-refractivity contribution >= 4 is 38.0 Å². The summed E-state index contributed by atoms with van der Waals surface area (Å²) in [7, 11) is -2.36. The summed E-state index contributed by atoms with van der Waals surface area (Å²) in [5.41, 5.74) is 3.31. The number of hydrogen-bond donors (Lipinski definition) is 0. The van der Waals surface area contributed by atoms with Crippen LogP contribution in [0, 0.1) is 6.92 Å². The van der Waals surface area contributed by atoms with E-state index >= 15 is 0 Å². The maximum absolute atomic E-state index is 14.0. The van der Waals surface area contributed by atoms with E-state index in [-0.39, 0.29) is 29.9 Å². The molecule has 0 fully saturated rings. The second kappa shape index (κ2) is 11.4. The van der Waals surface area contributed by atoms with Gasteiger partial charge in [0.25, 0.3) is 0 Å². The predicted octanol–water partition coefficient (Wildman–Crippen LogP) is 5.41. The van der Waals surface area contributed by atoms with Gasteiger partial charge in [-0.05, 0) is 59.4 Å². The number of amides is 1. The smallest absolute Gasteiger partial charge is 0.244 e. The Hall–Kier alpha value is -3.04. The Labute approximate surface area is 228 Å². The van der Waals surface area contributed by atoms with E-state index in [0.29, 0.717) is 25.0 Å². The topological polar surface area (TPSA) is 66.9 Å². The zero-order valence-electron chi connectivity index (χ0n) is 21.7. The van der Waals surface area contributed by atoms with E-state index in [9.17, 15) is 13.2 Å². The van der Waals surface area contributed by atoms with Crippen LogP contribution < -0.4 is 0 Å². The molecule has 0 aliphatic carbocycles. The molecule has 38 heavy (non-hydrogen) atoms. The number of fused-ring (bicyclic) bond motifs is 2. The summed E-state index contributed by atoms with van der Waals surface area (Å²) in [6, 6.07) is 22.7. The van der Waals surface area contributed by atoms with E-state index in [1.54, 1.807) is 30.6 Å². The molecule has 1 aliphatic rings. The number of carbonyl (C=O) groups excluding carboxylic acids is 1. The van der Waals surface area contributed by atoms with E-state index in [4.69, 9.17) is 4.74 Å². The van der Waals surface area contributed by atoms with Crippen molar-refractivity contribution in [3.05, 3.63) is 99.7 Å². The summed E-state index contributed by atoms with van der Waals surface area (Å²) < 4.78 is 34.6. The molecule has 0 unspecified atom stereocenters. The average molecular weight is 549 g/mol. The van der Waals surface area contributed by atoms with Gasteiger partial charge in [0, 0.05) is 37.1 Å². The largest absolute Gasteiger partial charge is 0.385 e. The van der Waals surface area contributed by atoms with Gasteiger partial charge in [-0.1, -0.05) is 60.7 Å². The Balaban J connectivity index is 1.50. The number of methoxy groups -OCH3 is 1. The highest BCUT2D eigenvalue weighted by molar-refractivity contribution is 7.89. The predicted molar refractivity (Wildman–Crippen MR) is 152 cm³/mol. The second-order valence-corrected chi connectivity index (χ2v) is 12.5. The first kappa shape index (κ1) is 26.6. The molecule has 2 heterocycles. The Morgan fingerprint density at radius 3 is 2.61 bits per heavy atom. The number of aryl methyl sites for hydroxylation is 1. The molecule has 198 valence electrons. The molecule has 3 aromatic carbocycles. The van der Waals surface area contributed by atoms with Crippen LogP contribution in [0.4, 0.5) is 0 Å². The van der Waals surface area contributed by atoms with E-state index < -0.39 is 10.0 Å². The lowest BCUT2D eigenvalue weighted by molar-refractivity contribution is -0.133. The lowest BCUT2D eigenvalue weighted by Gasteiger charge is -2.38. The normalized spacial score (nSPS) is 15.7. The van der Waals surface area contributed by atoms with Crippen LogP contribution in [0.1, 0.15) is 34.0 Å². The van der Waals surface area contributed by atoms with E-state index in [1.807, 2.05) is 47.4 Å². The Morgan fingerprint density at radius 1 is 1.03 bits per heavy atom. The van der Waals surface area contributed by atoms with Gasteiger partial charge in [0.1, 0.15) is 0 Å². The minimum Gasteiger partial charge on any atom is -0.385 e. The first-order chi connectivity index (χ1) is 18.4. The van der Waals surface area contributed by atoms with Crippen LogP contribution in [0.3, 0.4) is 0 Å². The lowest BCUT2D eigenvalue weighted by atomic mass is 9.90. The zero-order valence-corrected chi connectivity index (χ0v) is 23.3.